The van der Waals surface area contributed by atoms with Gasteiger partial charge in [-0.3, -0.25) is 0 Å². The second-order valence-corrected chi connectivity index (χ2v) is 7.91. The number of hydrogen-bond donors (Lipinski definition) is 1. The third-order valence-corrected chi connectivity index (χ3v) is 5.87. The minimum Gasteiger partial charge on any atom is -0.377 e. The van der Waals surface area contributed by atoms with E-state index in [2.05, 4.69) is 54.7 Å². The fraction of sp³-hybridized carbons (Fsp3) is 0.320. The first kappa shape index (κ1) is 23.0. The zero-order valence-corrected chi connectivity index (χ0v) is 18.4. The molecule has 2 amide bonds. The molecule has 3 aromatic rings. The molecular weight excluding hydrogens is 415 g/mol. The minimum absolute atomic E-state index is 0. The maximum absolute atomic E-state index is 13.1. The highest BCUT2D eigenvalue weighted by Crippen LogP contribution is 2.30. The van der Waals surface area contributed by atoms with Crippen molar-refractivity contribution < 1.29 is 13.9 Å². The van der Waals surface area contributed by atoms with Crippen LogP contribution in [0.1, 0.15) is 31.2 Å². The molecule has 0 aromatic heterocycles. The predicted molar refractivity (Wildman–Crippen MR) is 126 cm³/mol. The molecule has 1 heterocycles. The fourth-order valence-electron chi connectivity index (χ4n) is 4.17. The Hall–Kier alpha value is -2.63. The number of fused-ring (bicyclic) bond motifs is 1. The van der Waals surface area contributed by atoms with E-state index in [0.29, 0.717) is 31.4 Å². The van der Waals surface area contributed by atoms with Gasteiger partial charge in [-0.25, -0.2) is 9.18 Å². The van der Waals surface area contributed by atoms with Gasteiger partial charge in [0, 0.05) is 12.2 Å². The van der Waals surface area contributed by atoms with Crippen molar-refractivity contribution in [3.8, 4) is 0 Å². The molecule has 1 N–H and O–H groups in total. The highest BCUT2D eigenvalue weighted by molar-refractivity contribution is 5.89. The second-order valence-electron chi connectivity index (χ2n) is 7.91. The van der Waals surface area contributed by atoms with E-state index in [9.17, 15) is 9.18 Å². The zero-order valence-electron chi connectivity index (χ0n) is 17.6. The van der Waals surface area contributed by atoms with Crippen molar-refractivity contribution in [1.82, 2.24) is 4.90 Å². The second kappa shape index (κ2) is 10.6. The molecule has 0 spiro atoms. The first-order valence-corrected chi connectivity index (χ1v) is 10.5. The third kappa shape index (κ3) is 5.54. The molecule has 31 heavy (non-hydrogen) atoms. The summed E-state index contributed by atoms with van der Waals surface area (Å²) in [7, 11) is 0. The van der Waals surface area contributed by atoms with Gasteiger partial charge in [0.05, 0.1) is 19.3 Å². The van der Waals surface area contributed by atoms with E-state index in [1.807, 2.05) is 4.90 Å². The van der Waals surface area contributed by atoms with Crippen LogP contribution in [-0.2, 0) is 4.74 Å². The predicted octanol–water partition coefficient (Wildman–Crippen LogP) is 6.22. The van der Waals surface area contributed by atoms with Crippen LogP contribution in [0.3, 0.4) is 0 Å². The molecule has 164 valence electrons. The number of nitrogens with zero attached hydrogens (tertiary/aromatic N) is 1. The van der Waals surface area contributed by atoms with Crippen LogP contribution in [0.5, 0.6) is 0 Å². The molecule has 0 radical (unpaired) electrons. The van der Waals surface area contributed by atoms with Gasteiger partial charge in [-0.15, -0.1) is 12.4 Å². The summed E-state index contributed by atoms with van der Waals surface area (Å²) in [6.07, 6.45) is 1.82. The van der Waals surface area contributed by atoms with E-state index in [1.165, 1.54) is 28.5 Å². The van der Waals surface area contributed by atoms with Gasteiger partial charge < -0.3 is 15.0 Å². The van der Waals surface area contributed by atoms with Gasteiger partial charge >= 0.3 is 6.03 Å². The molecule has 4 nitrogen and oxygen atoms in total. The van der Waals surface area contributed by atoms with Crippen molar-refractivity contribution in [3.63, 3.8) is 0 Å². The Morgan fingerprint density at radius 2 is 1.87 bits per heavy atom. The Labute approximate surface area is 188 Å². The molecule has 1 aliphatic rings. The van der Waals surface area contributed by atoms with Crippen LogP contribution in [0.2, 0.25) is 0 Å². The Balaban J connectivity index is 0.00000272. The SMILES string of the molecule is C[C@@H](CCC1COCCN1C(=O)Nc1ccc(F)cc1)c1cccc2ccccc12.Cl. The molecule has 0 bridgehead atoms. The van der Waals surface area contributed by atoms with Crippen LogP contribution in [0.25, 0.3) is 10.8 Å². The summed E-state index contributed by atoms with van der Waals surface area (Å²) < 4.78 is 18.8. The number of rotatable bonds is 5. The van der Waals surface area contributed by atoms with Gasteiger partial charge in [-0.2, -0.15) is 0 Å². The number of urea groups is 1. The summed E-state index contributed by atoms with van der Waals surface area (Å²) in [6.45, 7) is 3.88. The summed E-state index contributed by atoms with van der Waals surface area (Å²) in [6, 6.07) is 20.6. The summed E-state index contributed by atoms with van der Waals surface area (Å²) >= 11 is 0. The number of anilines is 1. The average molecular weight is 443 g/mol. The number of carbonyl (C=O) groups is 1. The molecule has 3 aromatic carbocycles. The summed E-state index contributed by atoms with van der Waals surface area (Å²) in [5, 5.41) is 5.42. The summed E-state index contributed by atoms with van der Waals surface area (Å²) in [4.78, 5) is 14.7. The maximum Gasteiger partial charge on any atom is 0.322 e. The van der Waals surface area contributed by atoms with Crippen LogP contribution in [0.4, 0.5) is 14.9 Å². The van der Waals surface area contributed by atoms with E-state index in [1.54, 1.807) is 12.1 Å². The van der Waals surface area contributed by atoms with E-state index in [-0.39, 0.29) is 30.3 Å². The van der Waals surface area contributed by atoms with Gasteiger partial charge in [0.2, 0.25) is 0 Å². The Morgan fingerprint density at radius 1 is 1.13 bits per heavy atom. The molecule has 1 fully saturated rings. The molecule has 1 unspecified atom stereocenters. The molecular formula is C25H28ClFN2O2. The minimum atomic E-state index is -0.320. The largest absolute Gasteiger partial charge is 0.377 e. The van der Waals surface area contributed by atoms with E-state index < -0.39 is 0 Å². The third-order valence-electron chi connectivity index (χ3n) is 5.87. The van der Waals surface area contributed by atoms with E-state index in [4.69, 9.17) is 4.74 Å². The average Bonchev–Trinajstić information content (AvgIpc) is 2.78. The quantitative estimate of drug-likeness (QED) is 0.509. The molecule has 1 aliphatic heterocycles. The van der Waals surface area contributed by atoms with Crippen molar-refractivity contribution in [1.29, 1.82) is 0 Å². The number of hydrogen-bond acceptors (Lipinski definition) is 2. The van der Waals surface area contributed by atoms with Crippen molar-refractivity contribution >= 4 is 34.9 Å². The molecule has 6 heteroatoms. The molecule has 4 rings (SSSR count). The van der Waals surface area contributed by atoms with Crippen molar-refractivity contribution in [3.05, 3.63) is 78.1 Å². The fourth-order valence-corrected chi connectivity index (χ4v) is 4.17. The van der Waals surface area contributed by atoms with Crippen LogP contribution < -0.4 is 5.32 Å². The molecule has 1 saturated heterocycles. The number of benzene rings is 3. The van der Waals surface area contributed by atoms with Gasteiger partial charge in [-0.05, 0) is 59.4 Å². The van der Waals surface area contributed by atoms with Gasteiger partial charge in [0.25, 0.3) is 0 Å². The maximum atomic E-state index is 13.1. The number of amides is 2. The van der Waals surface area contributed by atoms with Crippen LogP contribution >= 0.6 is 12.4 Å². The first-order valence-electron chi connectivity index (χ1n) is 10.5. The molecule has 2 atom stereocenters. The van der Waals surface area contributed by atoms with Crippen LogP contribution in [0.15, 0.2) is 66.7 Å². The normalized spacial score (nSPS) is 17.1. The lowest BCUT2D eigenvalue weighted by atomic mass is 9.90. The highest BCUT2D eigenvalue weighted by atomic mass is 35.5. The van der Waals surface area contributed by atoms with Crippen LogP contribution in [-0.4, -0.2) is 36.7 Å². The van der Waals surface area contributed by atoms with Gasteiger partial charge in [-0.1, -0.05) is 49.4 Å². The number of nitrogens with one attached hydrogen (secondary N) is 1. The molecule has 0 saturated carbocycles. The highest BCUT2D eigenvalue weighted by Gasteiger charge is 2.28. The zero-order chi connectivity index (χ0) is 20.9. The molecule has 0 aliphatic carbocycles. The lowest BCUT2D eigenvalue weighted by molar-refractivity contribution is 0.0115. The Morgan fingerprint density at radius 3 is 2.68 bits per heavy atom. The standard InChI is InChI=1S/C25H27FN2O2.ClH/c1-18(23-8-4-6-19-5-2-3-7-24(19)23)9-14-22-17-30-16-15-28(22)25(29)27-21-12-10-20(26)11-13-21;/h2-8,10-13,18,22H,9,14-17H2,1H3,(H,27,29);1H/t18-,22?;/m0./s1. The number of ether oxygens (including phenoxy) is 1. The van der Waals surface area contributed by atoms with Crippen molar-refractivity contribution in [2.24, 2.45) is 0 Å². The van der Waals surface area contributed by atoms with E-state index in [0.717, 1.165) is 12.8 Å². The topological polar surface area (TPSA) is 41.6 Å². The summed E-state index contributed by atoms with van der Waals surface area (Å²) in [5.41, 5.74) is 1.93. The number of morpholine rings is 1. The van der Waals surface area contributed by atoms with Crippen molar-refractivity contribution in [2.75, 3.05) is 25.1 Å². The summed E-state index contributed by atoms with van der Waals surface area (Å²) in [5.74, 6) is 0.0553. The van der Waals surface area contributed by atoms with Crippen LogP contribution in [0, 0.1) is 5.82 Å². The number of halogens is 2. The van der Waals surface area contributed by atoms with Crippen molar-refractivity contribution in [2.45, 2.75) is 31.7 Å². The first-order chi connectivity index (χ1) is 14.6. The smallest absolute Gasteiger partial charge is 0.322 e. The monoisotopic (exact) mass is 442 g/mol. The Kier molecular flexibility index (Phi) is 7.88. The van der Waals surface area contributed by atoms with E-state index >= 15 is 0 Å². The lowest BCUT2D eigenvalue weighted by Gasteiger charge is -2.36. The Bertz CT molecular complexity index is 1010. The van der Waals surface area contributed by atoms with Gasteiger partial charge in [0.15, 0.2) is 0 Å². The lowest BCUT2D eigenvalue weighted by Crippen LogP contribution is -2.50. The number of carbonyl (C=O) groups excluding carboxylic acids is 1. The van der Waals surface area contributed by atoms with Gasteiger partial charge in [0.1, 0.15) is 5.82 Å².